The van der Waals surface area contributed by atoms with Crippen molar-refractivity contribution in [2.24, 2.45) is 0 Å². The zero-order valence-electron chi connectivity index (χ0n) is 12.4. The largest absolute Gasteiger partial charge is 0.487 e. The number of nitrogen functional groups attached to an aromatic ring is 1. The second-order valence-electron chi connectivity index (χ2n) is 4.74. The molecule has 0 fully saturated rings. The molecule has 4 N–H and O–H groups in total. The van der Waals surface area contributed by atoms with Crippen LogP contribution in [0.3, 0.4) is 0 Å². The van der Waals surface area contributed by atoms with Gasteiger partial charge in [0.05, 0.1) is 5.69 Å². The number of anilines is 1. The molecule has 0 heterocycles. The van der Waals surface area contributed by atoms with Crippen LogP contribution >= 0.6 is 0 Å². The number of carbonyl (C=O) groups excluding carboxylic acids is 2. The molecule has 114 valence electrons. The highest BCUT2D eigenvalue weighted by atomic mass is 16.5. The summed E-state index contributed by atoms with van der Waals surface area (Å²) in [7, 11) is 0. The van der Waals surface area contributed by atoms with Crippen LogP contribution in [-0.2, 0) is 4.79 Å². The Morgan fingerprint density at radius 3 is 2.48 bits per heavy atom. The minimum atomic E-state index is -0.251. The highest BCUT2D eigenvalue weighted by Gasteiger charge is 2.08. The average Bonchev–Trinajstić information content (AvgIpc) is 2.41. The fourth-order valence-corrected chi connectivity index (χ4v) is 1.54. The van der Waals surface area contributed by atoms with E-state index < -0.39 is 0 Å². The summed E-state index contributed by atoms with van der Waals surface area (Å²) in [6, 6.07) is 4.85. The van der Waals surface area contributed by atoms with Crippen molar-refractivity contribution < 1.29 is 14.3 Å². The molecule has 0 aliphatic heterocycles. The molecule has 0 unspecified atom stereocenters. The Morgan fingerprint density at radius 1 is 1.24 bits per heavy atom. The number of rotatable bonds is 7. The maximum atomic E-state index is 11.9. The van der Waals surface area contributed by atoms with E-state index in [-0.39, 0.29) is 11.8 Å². The number of nitrogens with one attached hydrogen (secondary N) is 2. The van der Waals surface area contributed by atoms with Gasteiger partial charge in [-0.2, -0.15) is 0 Å². The van der Waals surface area contributed by atoms with Gasteiger partial charge in [0.2, 0.25) is 5.91 Å². The summed E-state index contributed by atoms with van der Waals surface area (Å²) in [5.41, 5.74) is 7.57. The first kappa shape index (κ1) is 16.6. The molecule has 2 amide bonds. The van der Waals surface area contributed by atoms with Crippen molar-refractivity contribution in [2.75, 3.05) is 25.4 Å². The molecule has 21 heavy (non-hydrogen) atoms. The quantitative estimate of drug-likeness (QED) is 0.398. The molecular formula is C15H21N3O3. The van der Waals surface area contributed by atoms with Gasteiger partial charge >= 0.3 is 0 Å². The standard InChI is InChI=1S/C15H21N3O3/c1-10(2)9-21-14-5-4-12(8-13(14)16)15(20)18-7-6-17-11(3)19/h4-5,8H,1,6-7,9,16H2,2-3H3,(H,17,19)(H,18,20). The number of amides is 2. The first-order valence-corrected chi connectivity index (χ1v) is 6.59. The summed E-state index contributed by atoms with van der Waals surface area (Å²) < 4.78 is 5.45. The number of nitrogens with two attached hydrogens (primary N) is 1. The molecule has 0 bridgehead atoms. The minimum Gasteiger partial charge on any atom is -0.487 e. The van der Waals surface area contributed by atoms with Gasteiger partial charge in [-0.25, -0.2) is 0 Å². The molecule has 0 aromatic heterocycles. The second kappa shape index (κ2) is 7.94. The zero-order valence-corrected chi connectivity index (χ0v) is 12.4. The summed E-state index contributed by atoms with van der Waals surface area (Å²) in [4.78, 5) is 22.6. The van der Waals surface area contributed by atoms with Gasteiger partial charge < -0.3 is 21.1 Å². The lowest BCUT2D eigenvalue weighted by atomic mass is 10.1. The van der Waals surface area contributed by atoms with E-state index in [0.29, 0.717) is 36.7 Å². The Labute approximate surface area is 124 Å². The normalized spacial score (nSPS) is 9.81. The monoisotopic (exact) mass is 291 g/mol. The Hall–Kier alpha value is -2.50. The van der Waals surface area contributed by atoms with E-state index in [9.17, 15) is 9.59 Å². The van der Waals surface area contributed by atoms with Crippen LogP contribution in [0.4, 0.5) is 5.69 Å². The Morgan fingerprint density at radius 2 is 1.90 bits per heavy atom. The lowest BCUT2D eigenvalue weighted by molar-refractivity contribution is -0.118. The molecule has 1 aromatic rings. The van der Waals surface area contributed by atoms with Crippen molar-refractivity contribution in [2.45, 2.75) is 13.8 Å². The van der Waals surface area contributed by atoms with Gasteiger partial charge in [-0.15, -0.1) is 0 Å². The molecule has 0 aliphatic rings. The molecule has 0 spiro atoms. The van der Waals surface area contributed by atoms with Gasteiger partial charge in [0.15, 0.2) is 0 Å². The van der Waals surface area contributed by atoms with Crippen molar-refractivity contribution in [3.05, 3.63) is 35.9 Å². The van der Waals surface area contributed by atoms with Crippen LogP contribution in [-0.4, -0.2) is 31.5 Å². The van der Waals surface area contributed by atoms with Crippen LogP contribution in [0.25, 0.3) is 0 Å². The zero-order chi connectivity index (χ0) is 15.8. The first-order valence-electron chi connectivity index (χ1n) is 6.59. The summed E-state index contributed by atoms with van der Waals surface area (Å²) in [6.07, 6.45) is 0. The van der Waals surface area contributed by atoms with Gasteiger partial charge in [0.1, 0.15) is 12.4 Å². The van der Waals surface area contributed by atoms with Crippen molar-refractivity contribution in [3.63, 3.8) is 0 Å². The SMILES string of the molecule is C=C(C)COc1ccc(C(=O)NCCNC(C)=O)cc1N. The molecule has 0 aliphatic carbocycles. The van der Waals surface area contributed by atoms with Crippen molar-refractivity contribution >= 4 is 17.5 Å². The van der Waals surface area contributed by atoms with E-state index in [1.54, 1.807) is 18.2 Å². The lowest BCUT2D eigenvalue weighted by Gasteiger charge is -2.10. The van der Waals surface area contributed by atoms with E-state index in [1.165, 1.54) is 6.92 Å². The van der Waals surface area contributed by atoms with Crippen LogP contribution in [0.2, 0.25) is 0 Å². The van der Waals surface area contributed by atoms with Crippen molar-refractivity contribution in [3.8, 4) is 5.75 Å². The third-order valence-corrected chi connectivity index (χ3v) is 2.53. The van der Waals surface area contributed by atoms with Crippen LogP contribution < -0.4 is 21.1 Å². The third-order valence-electron chi connectivity index (χ3n) is 2.53. The van der Waals surface area contributed by atoms with Crippen LogP contribution in [0.1, 0.15) is 24.2 Å². The average molecular weight is 291 g/mol. The van der Waals surface area contributed by atoms with Crippen LogP contribution in [0, 0.1) is 0 Å². The van der Waals surface area contributed by atoms with Gasteiger partial charge in [0.25, 0.3) is 5.91 Å². The Kier molecular flexibility index (Phi) is 6.26. The number of hydrogen-bond donors (Lipinski definition) is 3. The van der Waals surface area contributed by atoms with Gasteiger partial charge in [-0.3, -0.25) is 9.59 Å². The highest BCUT2D eigenvalue weighted by molar-refractivity contribution is 5.95. The lowest BCUT2D eigenvalue weighted by Crippen LogP contribution is -2.33. The maximum Gasteiger partial charge on any atom is 0.251 e. The fourth-order valence-electron chi connectivity index (χ4n) is 1.54. The topological polar surface area (TPSA) is 93.5 Å². The molecule has 0 radical (unpaired) electrons. The fraction of sp³-hybridized carbons (Fsp3) is 0.333. The molecule has 6 heteroatoms. The molecule has 0 saturated heterocycles. The molecule has 6 nitrogen and oxygen atoms in total. The van der Waals surface area contributed by atoms with Crippen molar-refractivity contribution in [1.29, 1.82) is 0 Å². The maximum absolute atomic E-state index is 11.9. The van der Waals surface area contributed by atoms with E-state index in [1.807, 2.05) is 6.92 Å². The minimum absolute atomic E-state index is 0.132. The predicted octanol–water partition coefficient (Wildman–Crippen LogP) is 1.09. The molecule has 1 aromatic carbocycles. The second-order valence-corrected chi connectivity index (χ2v) is 4.74. The number of ether oxygens (including phenoxy) is 1. The van der Waals surface area contributed by atoms with E-state index >= 15 is 0 Å². The summed E-state index contributed by atoms with van der Waals surface area (Å²) >= 11 is 0. The summed E-state index contributed by atoms with van der Waals surface area (Å²) in [5.74, 6) is 0.138. The third kappa shape index (κ3) is 5.99. The molecule has 1 rings (SSSR count). The smallest absolute Gasteiger partial charge is 0.251 e. The van der Waals surface area contributed by atoms with Crippen LogP contribution in [0.5, 0.6) is 5.75 Å². The van der Waals surface area contributed by atoms with Crippen molar-refractivity contribution in [1.82, 2.24) is 10.6 Å². The first-order chi connectivity index (χ1) is 9.90. The number of carbonyl (C=O) groups is 2. The summed E-state index contributed by atoms with van der Waals surface area (Å²) in [5, 5.41) is 5.28. The Bertz CT molecular complexity index is 541. The molecule has 0 saturated carbocycles. The van der Waals surface area contributed by atoms with Gasteiger partial charge in [-0.05, 0) is 30.7 Å². The molecular weight excluding hydrogens is 270 g/mol. The number of benzene rings is 1. The van der Waals surface area contributed by atoms with E-state index in [4.69, 9.17) is 10.5 Å². The predicted molar refractivity (Wildman–Crippen MR) is 82.2 cm³/mol. The van der Waals surface area contributed by atoms with Gasteiger partial charge in [0, 0.05) is 25.6 Å². The summed E-state index contributed by atoms with van der Waals surface area (Å²) in [6.45, 7) is 8.14. The number of hydrogen-bond acceptors (Lipinski definition) is 4. The van der Waals surface area contributed by atoms with E-state index in [2.05, 4.69) is 17.2 Å². The van der Waals surface area contributed by atoms with Crippen LogP contribution in [0.15, 0.2) is 30.4 Å². The highest BCUT2D eigenvalue weighted by Crippen LogP contribution is 2.22. The Balaban J connectivity index is 2.55. The van der Waals surface area contributed by atoms with Gasteiger partial charge in [-0.1, -0.05) is 6.58 Å². The van der Waals surface area contributed by atoms with E-state index in [0.717, 1.165) is 5.57 Å². The molecule has 0 atom stereocenters.